The van der Waals surface area contributed by atoms with Gasteiger partial charge in [-0.05, 0) is 0 Å². The molecule has 0 amide bonds. The molecule has 18 heavy (non-hydrogen) atoms. The summed E-state index contributed by atoms with van der Waals surface area (Å²) in [4.78, 5) is 14.6. The molecule has 0 aliphatic carbocycles. The molecule has 1 aromatic rings. The maximum atomic E-state index is 13.7. The number of nitrogens with two attached hydrogens (primary N) is 1. The van der Waals surface area contributed by atoms with Gasteiger partial charge in [0, 0.05) is 0 Å². The molecule has 2 heterocycles. The summed E-state index contributed by atoms with van der Waals surface area (Å²) >= 11 is 0. The molecule has 0 spiro atoms. The fraction of sp³-hybridized carbons (Fsp3) is 0.556. The van der Waals surface area contributed by atoms with E-state index in [4.69, 9.17) is 15.6 Å². The third-order valence-corrected chi connectivity index (χ3v) is 2.68. The van der Waals surface area contributed by atoms with Crippen LogP contribution in [0.1, 0.15) is 6.23 Å². The quantitative estimate of drug-likeness (QED) is 0.601. The lowest BCUT2D eigenvalue weighted by molar-refractivity contribution is -0.0494. The molecule has 1 aromatic heterocycles. The van der Waals surface area contributed by atoms with Crippen LogP contribution in [0.4, 0.5) is 14.6 Å². The number of alkyl halides is 1. The fourth-order valence-electron chi connectivity index (χ4n) is 1.72. The van der Waals surface area contributed by atoms with Gasteiger partial charge in [0.05, 0.1) is 12.8 Å². The molecule has 1 aliphatic rings. The first-order valence-electron chi connectivity index (χ1n) is 5.08. The predicted octanol–water partition coefficient (Wildman–Crippen LogP) is -1.45. The van der Waals surface area contributed by atoms with Crippen molar-refractivity contribution >= 4 is 5.82 Å². The van der Waals surface area contributed by atoms with Crippen LogP contribution in [0.15, 0.2) is 11.0 Å². The van der Waals surface area contributed by atoms with Crippen LogP contribution >= 0.6 is 0 Å². The van der Waals surface area contributed by atoms with E-state index in [1.54, 1.807) is 0 Å². The molecule has 7 nitrogen and oxygen atoms in total. The van der Waals surface area contributed by atoms with Gasteiger partial charge in [0.1, 0.15) is 12.2 Å². The van der Waals surface area contributed by atoms with Crippen LogP contribution in [-0.4, -0.2) is 44.8 Å². The lowest BCUT2D eigenvalue weighted by atomic mass is 10.1. The van der Waals surface area contributed by atoms with Gasteiger partial charge in [0.25, 0.3) is 0 Å². The average Bonchev–Trinajstić information content (AvgIpc) is 2.61. The van der Waals surface area contributed by atoms with Crippen molar-refractivity contribution in [1.29, 1.82) is 0 Å². The summed E-state index contributed by atoms with van der Waals surface area (Å²) in [5, 5.41) is 18.2. The van der Waals surface area contributed by atoms with Gasteiger partial charge >= 0.3 is 5.69 Å². The van der Waals surface area contributed by atoms with E-state index in [2.05, 4.69) is 4.98 Å². The minimum Gasteiger partial charge on any atom is -0.394 e. The van der Waals surface area contributed by atoms with Crippen LogP contribution in [0.2, 0.25) is 0 Å². The number of aliphatic hydroxyl groups excluding tert-OH is 2. The van der Waals surface area contributed by atoms with Crippen LogP contribution < -0.4 is 11.4 Å². The van der Waals surface area contributed by atoms with Gasteiger partial charge in [-0.1, -0.05) is 0 Å². The van der Waals surface area contributed by atoms with E-state index in [0.29, 0.717) is 10.8 Å². The molecule has 4 atom stereocenters. The molecule has 0 radical (unpaired) electrons. The van der Waals surface area contributed by atoms with Gasteiger partial charge < -0.3 is 20.7 Å². The second-order valence-electron chi connectivity index (χ2n) is 3.85. The van der Waals surface area contributed by atoms with E-state index in [0.717, 1.165) is 0 Å². The van der Waals surface area contributed by atoms with Crippen LogP contribution in [0.25, 0.3) is 0 Å². The number of anilines is 1. The molecule has 0 saturated carbocycles. The Morgan fingerprint density at radius 2 is 2.28 bits per heavy atom. The van der Waals surface area contributed by atoms with E-state index >= 15 is 0 Å². The molecule has 1 fully saturated rings. The third kappa shape index (κ3) is 1.96. The number of hydrogen-bond acceptors (Lipinski definition) is 6. The summed E-state index contributed by atoms with van der Waals surface area (Å²) in [5.41, 5.74) is 4.07. The summed E-state index contributed by atoms with van der Waals surface area (Å²) in [7, 11) is 0. The molecule has 1 aliphatic heterocycles. The SMILES string of the molecule is Nc1nc(=O)n([C@H]2O[C@@H](CO)C(O)[C@H]2[18F])cc1F. The zero-order valence-electron chi connectivity index (χ0n) is 9.03. The number of aliphatic hydroxyl groups is 2. The maximum absolute atomic E-state index is 13.7. The van der Waals surface area contributed by atoms with E-state index in [-0.39, 0.29) is 0 Å². The van der Waals surface area contributed by atoms with E-state index in [1.807, 2.05) is 0 Å². The fourth-order valence-corrected chi connectivity index (χ4v) is 1.72. The zero-order valence-corrected chi connectivity index (χ0v) is 9.03. The monoisotopic (exact) mass is 262 g/mol. The van der Waals surface area contributed by atoms with Crippen molar-refractivity contribution in [2.24, 2.45) is 0 Å². The van der Waals surface area contributed by atoms with Crippen molar-refractivity contribution in [3.05, 3.63) is 22.5 Å². The van der Waals surface area contributed by atoms with E-state index < -0.39 is 48.5 Å². The number of ether oxygens (including phenoxy) is 1. The molecule has 1 saturated heterocycles. The Balaban J connectivity index is 2.39. The highest BCUT2D eigenvalue weighted by Gasteiger charge is 2.45. The number of nitrogens with zero attached hydrogens (tertiary/aromatic N) is 2. The molecule has 4 N–H and O–H groups in total. The van der Waals surface area contributed by atoms with Crippen molar-refractivity contribution in [1.82, 2.24) is 9.55 Å². The van der Waals surface area contributed by atoms with Gasteiger partial charge in [0.15, 0.2) is 24.0 Å². The summed E-state index contributed by atoms with van der Waals surface area (Å²) in [6.45, 7) is -0.627. The molecular formula is C9H11F2N3O4. The highest BCUT2D eigenvalue weighted by atomic mass is 19.1. The van der Waals surface area contributed by atoms with Crippen LogP contribution in [0.3, 0.4) is 0 Å². The summed E-state index contributed by atoms with van der Waals surface area (Å²) < 4.78 is 32.4. The topological polar surface area (TPSA) is 111 Å². The highest BCUT2D eigenvalue weighted by Crippen LogP contribution is 2.30. The Bertz CT molecular complexity index is 509. The Morgan fingerprint density at radius 1 is 1.61 bits per heavy atom. The van der Waals surface area contributed by atoms with Crippen molar-refractivity contribution in [3.8, 4) is 0 Å². The minimum atomic E-state index is -1.98. The number of rotatable bonds is 2. The maximum Gasteiger partial charge on any atom is 0.351 e. The van der Waals surface area contributed by atoms with Gasteiger partial charge in [0.2, 0.25) is 0 Å². The first kappa shape index (κ1) is 12.9. The van der Waals surface area contributed by atoms with E-state index in [9.17, 15) is 18.7 Å². The van der Waals surface area contributed by atoms with Crippen LogP contribution in [0.5, 0.6) is 0 Å². The molecule has 0 aromatic carbocycles. The smallest absolute Gasteiger partial charge is 0.351 e. The van der Waals surface area contributed by atoms with Crippen molar-refractivity contribution < 1.29 is 23.7 Å². The lowest BCUT2D eigenvalue weighted by Gasteiger charge is -2.15. The van der Waals surface area contributed by atoms with Crippen molar-refractivity contribution in [2.75, 3.05) is 12.3 Å². The van der Waals surface area contributed by atoms with Crippen LogP contribution in [0, 0.1) is 5.82 Å². The number of aromatic nitrogens is 2. The highest BCUT2D eigenvalue weighted by molar-refractivity contribution is 5.26. The second-order valence-corrected chi connectivity index (χ2v) is 3.85. The van der Waals surface area contributed by atoms with Crippen molar-refractivity contribution in [2.45, 2.75) is 24.6 Å². The van der Waals surface area contributed by atoms with Gasteiger partial charge in [-0.25, -0.2) is 13.6 Å². The number of halogens is 2. The Morgan fingerprint density at radius 3 is 2.83 bits per heavy atom. The Hall–Kier alpha value is -1.58. The van der Waals surface area contributed by atoms with E-state index in [1.165, 1.54) is 0 Å². The first-order chi connectivity index (χ1) is 8.45. The standard InChI is InChI=1S/C9H11F2N3O4/c10-3-1-14(9(17)13-7(3)12)8-5(11)6(16)4(2-15)18-8/h1,4-6,8,15-16H,2H2,(H2,12,13,17)/t4-,5+,6?,8-/m0/s1/i11-1. The van der Waals surface area contributed by atoms with Crippen molar-refractivity contribution in [3.63, 3.8) is 0 Å². The molecular weight excluding hydrogens is 251 g/mol. The molecule has 1 unspecified atom stereocenters. The normalized spacial score (nSPS) is 31.8. The van der Waals surface area contributed by atoms with Gasteiger partial charge in [-0.15, -0.1) is 0 Å². The number of nitrogen functional groups attached to an aromatic ring is 1. The second kappa shape index (κ2) is 4.59. The molecule has 100 valence electrons. The number of hydrogen-bond donors (Lipinski definition) is 3. The molecule has 0 bridgehead atoms. The summed E-state index contributed by atoms with van der Waals surface area (Å²) in [6.07, 6.45) is -5.67. The largest absolute Gasteiger partial charge is 0.394 e. The van der Waals surface area contributed by atoms with Gasteiger partial charge in [-0.3, -0.25) is 4.57 Å². The zero-order chi connectivity index (χ0) is 13.4. The summed E-state index contributed by atoms with van der Waals surface area (Å²) in [5.74, 6) is -1.61. The lowest BCUT2D eigenvalue weighted by Crippen LogP contribution is -2.34. The molecule has 9 heteroatoms. The van der Waals surface area contributed by atoms with Gasteiger partial charge in [-0.2, -0.15) is 4.98 Å². The summed E-state index contributed by atoms with van der Waals surface area (Å²) in [6, 6.07) is 0. The molecule has 2 rings (SSSR count). The third-order valence-electron chi connectivity index (χ3n) is 2.68. The minimum absolute atomic E-state index is 0.551. The van der Waals surface area contributed by atoms with Crippen LogP contribution in [-0.2, 0) is 4.74 Å². The average molecular weight is 262 g/mol. The first-order valence-corrected chi connectivity index (χ1v) is 5.08. The Kier molecular flexibility index (Phi) is 3.28. The predicted molar refractivity (Wildman–Crippen MR) is 54.8 cm³/mol. The Labute approximate surface area is 99.4 Å².